The average molecular weight is 261 g/mol. The van der Waals surface area contributed by atoms with E-state index in [9.17, 15) is 4.79 Å². The number of anilines is 1. The molecule has 1 aromatic carbocycles. The van der Waals surface area contributed by atoms with Crippen LogP contribution in [0.4, 0.5) is 5.69 Å². The normalized spacial score (nSPS) is 10.3. The molecule has 4 nitrogen and oxygen atoms in total. The van der Waals surface area contributed by atoms with Gasteiger partial charge in [-0.3, -0.25) is 4.79 Å². The summed E-state index contributed by atoms with van der Waals surface area (Å²) in [7, 11) is 0. The van der Waals surface area contributed by atoms with Gasteiger partial charge in [0.05, 0.1) is 16.1 Å². The fourth-order valence-corrected chi connectivity index (χ4v) is 2.58. The molecule has 94 valence electrons. The second-order valence-corrected chi connectivity index (χ2v) is 4.78. The van der Waals surface area contributed by atoms with Gasteiger partial charge in [0.2, 0.25) is 5.91 Å². The van der Waals surface area contributed by atoms with Gasteiger partial charge in [0.25, 0.3) is 0 Å². The van der Waals surface area contributed by atoms with Crippen LogP contribution >= 0.6 is 11.3 Å². The van der Waals surface area contributed by atoms with Crippen molar-refractivity contribution in [3.05, 3.63) is 35.5 Å². The van der Waals surface area contributed by atoms with Crippen molar-refractivity contribution in [2.45, 2.75) is 13.3 Å². The first-order chi connectivity index (χ1) is 8.70. The van der Waals surface area contributed by atoms with Gasteiger partial charge in [0.1, 0.15) is 0 Å². The Morgan fingerprint density at radius 1 is 1.39 bits per heavy atom. The van der Waals surface area contributed by atoms with Crippen LogP contribution in [0.3, 0.4) is 0 Å². The number of benzene rings is 1. The second kappa shape index (κ2) is 5.75. The van der Waals surface area contributed by atoms with Gasteiger partial charge < -0.3 is 11.1 Å². The number of nitrogens with one attached hydrogen (secondary N) is 1. The molecule has 2 rings (SSSR count). The molecule has 0 saturated heterocycles. The first-order valence-corrected chi connectivity index (χ1v) is 6.59. The molecule has 3 N–H and O–H groups in total. The number of hydrogen-bond acceptors (Lipinski definition) is 4. The maximum absolute atomic E-state index is 10.9. The fraction of sp³-hybridized carbons (Fsp3) is 0.231. The Morgan fingerprint density at radius 3 is 2.72 bits per heavy atom. The summed E-state index contributed by atoms with van der Waals surface area (Å²) in [6.45, 7) is 2.09. The molecule has 0 atom stereocenters. The molecule has 0 bridgehead atoms. The number of amides is 1. The predicted molar refractivity (Wildman–Crippen MR) is 74.6 cm³/mol. The molecule has 0 radical (unpaired) electrons. The molecule has 0 saturated carbocycles. The van der Waals surface area contributed by atoms with E-state index in [2.05, 4.69) is 10.3 Å². The zero-order valence-corrected chi connectivity index (χ0v) is 11.0. The van der Waals surface area contributed by atoms with Gasteiger partial charge >= 0.3 is 0 Å². The van der Waals surface area contributed by atoms with E-state index in [0.29, 0.717) is 6.54 Å². The summed E-state index contributed by atoms with van der Waals surface area (Å²) in [5, 5.41) is 2.75. The van der Waals surface area contributed by atoms with Gasteiger partial charge in [-0.05, 0) is 24.2 Å². The Kier molecular flexibility index (Phi) is 4.07. The van der Waals surface area contributed by atoms with E-state index in [1.807, 2.05) is 29.8 Å². The molecule has 5 heteroatoms. The van der Waals surface area contributed by atoms with Crippen molar-refractivity contribution in [1.82, 2.24) is 4.98 Å². The number of carbonyl (C=O) groups is 1. The van der Waals surface area contributed by atoms with Crippen molar-refractivity contribution in [3.63, 3.8) is 0 Å². The summed E-state index contributed by atoms with van der Waals surface area (Å²) in [5.74, 6) is -0.0654. The summed E-state index contributed by atoms with van der Waals surface area (Å²) in [4.78, 5) is 16.4. The summed E-state index contributed by atoms with van der Waals surface area (Å²) in [5.41, 5.74) is 10.3. The highest BCUT2D eigenvalue weighted by Crippen LogP contribution is 2.28. The molecular weight excluding hydrogens is 246 g/mol. The third-order valence-electron chi connectivity index (χ3n) is 2.49. The highest BCUT2D eigenvalue weighted by Gasteiger charge is 2.07. The number of rotatable bonds is 4. The smallest absolute Gasteiger partial charge is 0.221 e. The summed E-state index contributed by atoms with van der Waals surface area (Å²) in [6.07, 6.45) is 0.784. The highest BCUT2D eigenvalue weighted by atomic mass is 32.1. The maximum atomic E-state index is 10.9. The van der Waals surface area contributed by atoms with E-state index >= 15 is 0 Å². The topological polar surface area (TPSA) is 68.0 Å². The lowest BCUT2D eigenvalue weighted by atomic mass is 10.1. The third-order valence-corrected chi connectivity index (χ3v) is 3.41. The van der Waals surface area contributed by atoms with Crippen LogP contribution in [0.15, 0.2) is 29.8 Å². The monoisotopic (exact) mass is 261 g/mol. The van der Waals surface area contributed by atoms with Crippen molar-refractivity contribution in [1.29, 1.82) is 0 Å². The van der Waals surface area contributed by atoms with Gasteiger partial charge in [-0.25, -0.2) is 4.98 Å². The summed E-state index contributed by atoms with van der Waals surface area (Å²) in [6, 6.07) is 7.75. The lowest BCUT2D eigenvalue weighted by Gasteiger charge is -2.04. The van der Waals surface area contributed by atoms with Crippen molar-refractivity contribution < 1.29 is 4.79 Å². The molecule has 0 fully saturated rings. The first kappa shape index (κ1) is 12.7. The van der Waals surface area contributed by atoms with E-state index in [1.165, 1.54) is 6.92 Å². The van der Waals surface area contributed by atoms with E-state index < -0.39 is 0 Å². The molecule has 2 aromatic rings. The molecule has 0 aliphatic heterocycles. The number of thiazole rings is 1. The Bertz CT molecular complexity index is 533. The van der Waals surface area contributed by atoms with E-state index in [1.54, 1.807) is 11.3 Å². The summed E-state index contributed by atoms with van der Waals surface area (Å²) < 4.78 is 0. The van der Waals surface area contributed by atoms with Crippen molar-refractivity contribution >= 4 is 22.9 Å². The number of nitrogens with zero attached hydrogens (tertiary/aromatic N) is 1. The summed E-state index contributed by atoms with van der Waals surface area (Å²) >= 11 is 1.61. The van der Waals surface area contributed by atoms with Crippen LogP contribution in [0, 0.1) is 0 Å². The Morgan fingerprint density at radius 2 is 2.11 bits per heavy atom. The van der Waals surface area contributed by atoms with Crippen molar-refractivity contribution in [3.8, 4) is 10.4 Å². The van der Waals surface area contributed by atoms with Crippen LogP contribution < -0.4 is 11.1 Å². The van der Waals surface area contributed by atoms with Crippen molar-refractivity contribution in [2.24, 2.45) is 5.73 Å². The minimum absolute atomic E-state index is 0.0654. The fourth-order valence-electron chi connectivity index (χ4n) is 1.73. The number of hydrogen-bond donors (Lipinski definition) is 2. The van der Waals surface area contributed by atoms with Crippen LogP contribution in [-0.2, 0) is 11.2 Å². The predicted octanol–water partition coefficient (Wildman–Crippen LogP) is 2.27. The molecule has 1 amide bonds. The molecule has 18 heavy (non-hydrogen) atoms. The second-order valence-electron chi connectivity index (χ2n) is 3.93. The van der Waals surface area contributed by atoms with Crippen LogP contribution in [0.25, 0.3) is 10.4 Å². The highest BCUT2D eigenvalue weighted by molar-refractivity contribution is 7.13. The quantitative estimate of drug-likeness (QED) is 0.887. The van der Waals surface area contributed by atoms with Crippen LogP contribution in [0.2, 0.25) is 0 Å². The molecule has 0 aliphatic rings. The molecule has 1 aromatic heterocycles. The standard InChI is InChI=1S/C13H15N3OS/c1-9(17)16-11-4-2-10(3-5-11)13-12(6-7-14)15-8-18-13/h2-5,8H,6-7,14H2,1H3,(H,16,17). The molecular formula is C13H15N3OS. The van der Waals surface area contributed by atoms with Gasteiger partial charge in [0, 0.05) is 19.0 Å². The van der Waals surface area contributed by atoms with Gasteiger partial charge in [0.15, 0.2) is 0 Å². The van der Waals surface area contributed by atoms with Crippen LogP contribution in [0.5, 0.6) is 0 Å². The largest absolute Gasteiger partial charge is 0.330 e. The minimum atomic E-state index is -0.0654. The Balaban J connectivity index is 2.23. The number of aromatic nitrogens is 1. The van der Waals surface area contributed by atoms with E-state index in [-0.39, 0.29) is 5.91 Å². The van der Waals surface area contributed by atoms with Gasteiger partial charge in [-0.1, -0.05) is 12.1 Å². The van der Waals surface area contributed by atoms with Crippen molar-refractivity contribution in [2.75, 3.05) is 11.9 Å². The SMILES string of the molecule is CC(=O)Nc1ccc(-c2scnc2CCN)cc1. The van der Waals surface area contributed by atoms with E-state index in [4.69, 9.17) is 5.73 Å². The Labute approximate surface area is 110 Å². The van der Waals surface area contributed by atoms with Crippen LogP contribution in [0.1, 0.15) is 12.6 Å². The zero-order valence-electron chi connectivity index (χ0n) is 10.1. The van der Waals surface area contributed by atoms with Gasteiger partial charge in [-0.15, -0.1) is 11.3 Å². The number of carbonyl (C=O) groups excluding carboxylic acids is 1. The molecule has 0 aliphatic carbocycles. The zero-order chi connectivity index (χ0) is 13.0. The maximum Gasteiger partial charge on any atom is 0.221 e. The Hall–Kier alpha value is -1.72. The third kappa shape index (κ3) is 2.94. The molecule has 0 spiro atoms. The lowest BCUT2D eigenvalue weighted by Crippen LogP contribution is -2.05. The lowest BCUT2D eigenvalue weighted by molar-refractivity contribution is -0.114. The average Bonchev–Trinajstić information content (AvgIpc) is 2.78. The van der Waals surface area contributed by atoms with Crippen LogP contribution in [-0.4, -0.2) is 17.4 Å². The van der Waals surface area contributed by atoms with E-state index in [0.717, 1.165) is 28.2 Å². The number of nitrogens with two attached hydrogens (primary N) is 1. The molecule has 1 heterocycles. The first-order valence-electron chi connectivity index (χ1n) is 5.71. The van der Waals surface area contributed by atoms with Gasteiger partial charge in [-0.2, -0.15) is 0 Å². The minimum Gasteiger partial charge on any atom is -0.330 e. The molecule has 0 unspecified atom stereocenters.